The van der Waals surface area contributed by atoms with Crippen LogP contribution in [0.2, 0.25) is 10.0 Å². The SMILES string of the molecule is CS(=O)(=O)N(OC(=O)C(F)(F)F)C(=O)c1cc(C2CC2)c(CN2C[C@@H]3C[C@H]2CN3S(=O)(=O)c2cc(Cl)cc(Cl)c2)cc1F. The molecule has 2 aliphatic heterocycles. The van der Waals surface area contributed by atoms with E-state index in [1.54, 1.807) is 0 Å². The minimum atomic E-state index is -5.62. The number of hydrogen-bond acceptors (Lipinski definition) is 8. The molecule has 5 rings (SSSR count). The van der Waals surface area contributed by atoms with Gasteiger partial charge in [0.25, 0.3) is 10.0 Å². The highest BCUT2D eigenvalue weighted by molar-refractivity contribution is 7.89. The van der Waals surface area contributed by atoms with E-state index in [0.29, 0.717) is 43.2 Å². The third kappa shape index (κ3) is 6.49. The van der Waals surface area contributed by atoms with Gasteiger partial charge in [0.1, 0.15) is 5.82 Å². The van der Waals surface area contributed by atoms with Crippen molar-refractivity contribution in [2.75, 3.05) is 19.3 Å². The summed E-state index contributed by atoms with van der Waals surface area (Å²) in [6, 6.07) is 5.52. The van der Waals surface area contributed by atoms with Gasteiger partial charge in [-0.1, -0.05) is 27.7 Å². The smallest absolute Gasteiger partial charge is 0.314 e. The number of hydrogen-bond donors (Lipinski definition) is 0. The van der Waals surface area contributed by atoms with Gasteiger partial charge in [0.15, 0.2) is 0 Å². The van der Waals surface area contributed by atoms with Crippen molar-refractivity contribution in [2.24, 2.45) is 0 Å². The van der Waals surface area contributed by atoms with Gasteiger partial charge in [-0.3, -0.25) is 9.69 Å². The molecule has 2 bridgehead atoms. The first-order chi connectivity index (χ1) is 19.9. The van der Waals surface area contributed by atoms with Crippen molar-refractivity contribution < 1.29 is 48.8 Å². The number of carbonyl (C=O) groups excluding carboxylic acids is 2. The second-order valence-electron chi connectivity index (χ2n) is 10.6. The lowest BCUT2D eigenvalue weighted by Gasteiger charge is -2.34. The first kappa shape index (κ1) is 31.9. The number of rotatable bonds is 7. The fourth-order valence-corrected chi connectivity index (χ4v) is 8.42. The first-order valence-electron chi connectivity index (χ1n) is 12.7. The average Bonchev–Trinajstić information content (AvgIpc) is 3.53. The van der Waals surface area contributed by atoms with Gasteiger partial charge < -0.3 is 4.84 Å². The molecule has 0 spiro atoms. The molecule has 2 aromatic carbocycles. The van der Waals surface area contributed by atoms with Crippen LogP contribution >= 0.6 is 23.2 Å². The summed E-state index contributed by atoms with van der Waals surface area (Å²) in [6.07, 6.45) is -3.43. The maximum Gasteiger partial charge on any atom is 0.493 e. The van der Waals surface area contributed by atoms with E-state index in [4.69, 9.17) is 23.2 Å². The van der Waals surface area contributed by atoms with E-state index in [1.807, 2.05) is 4.90 Å². The van der Waals surface area contributed by atoms with E-state index in [2.05, 4.69) is 4.84 Å². The third-order valence-electron chi connectivity index (χ3n) is 7.46. The standard InChI is InChI=1S/C25H23Cl2F4N3O7S2/c1-42(37,38)34(41-24(36)25(29,30)31)23(35)21-9-20(13-2-3-13)14(4-22(21)28)10-32-11-18-8-17(32)12-33(18)43(39,40)19-6-15(26)5-16(27)7-19/h4-7,9,13,17-18H,2-3,8,10-12H2,1H3/t17-,18-/m0/s1. The minimum absolute atomic E-state index is 0.0357. The molecule has 3 aliphatic rings. The molecule has 0 unspecified atom stereocenters. The normalized spacial score (nSPS) is 21.3. The summed E-state index contributed by atoms with van der Waals surface area (Å²) in [5, 5.41) is 0.346. The summed E-state index contributed by atoms with van der Waals surface area (Å²) in [7, 11) is -8.78. The molecule has 1 amide bonds. The quantitative estimate of drug-likeness (QED) is 0.316. The number of nitrogens with zero attached hydrogens (tertiary/aromatic N) is 3. The molecular weight excluding hydrogens is 665 g/mol. The van der Waals surface area contributed by atoms with Crippen molar-refractivity contribution in [3.8, 4) is 0 Å². The number of piperazine rings is 1. The fourth-order valence-electron chi connectivity index (χ4n) is 5.42. The number of halogens is 6. The maximum absolute atomic E-state index is 15.3. The molecule has 3 fully saturated rings. The molecule has 234 valence electrons. The largest absolute Gasteiger partial charge is 0.493 e. The summed E-state index contributed by atoms with van der Waals surface area (Å²) in [5.41, 5.74) is 0.0611. The summed E-state index contributed by atoms with van der Waals surface area (Å²) in [5.74, 6) is -6.11. The van der Waals surface area contributed by atoms with Crippen molar-refractivity contribution in [1.29, 1.82) is 0 Å². The summed E-state index contributed by atoms with van der Waals surface area (Å²) < 4.78 is 105. The Balaban J connectivity index is 1.37. The van der Waals surface area contributed by atoms with Crippen molar-refractivity contribution in [3.05, 3.63) is 62.9 Å². The third-order valence-corrected chi connectivity index (χ3v) is 10.6. The van der Waals surface area contributed by atoms with Gasteiger partial charge in [-0.15, -0.1) is 0 Å². The fraction of sp³-hybridized carbons (Fsp3) is 0.440. The first-order valence-corrected chi connectivity index (χ1v) is 16.8. The molecule has 18 heteroatoms. The number of sulfonamides is 2. The Bertz CT molecular complexity index is 1700. The molecule has 0 N–H and O–H groups in total. The van der Waals surface area contributed by atoms with Gasteiger partial charge in [0.2, 0.25) is 10.0 Å². The summed E-state index contributed by atoms with van der Waals surface area (Å²) in [4.78, 5) is 29.9. The zero-order valence-electron chi connectivity index (χ0n) is 22.1. The molecule has 2 atom stereocenters. The van der Waals surface area contributed by atoms with Crippen LogP contribution in [-0.2, 0) is 36.2 Å². The Morgan fingerprint density at radius 3 is 2.14 bits per heavy atom. The predicted molar refractivity (Wildman–Crippen MR) is 144 cm³/mol. The van der Waals surface area contributed by atoms with Crippen LogP contribution in [0.1, 0.15) is 46.7 Å². The number of fused-ring (bicyclic) bond motifs is 2. The Morgan fingerprint density at radius 2 is 1.63 bits per heavy atom. The topological polar surface area (TPSA) is 121 Å². The van der Waals surface area contributed by atoms with Gasteiger partial charge in [-0.05, 0) is 66.6 Å². The van der Waals surface area contributed by atoms with Crippen molar-refractivity contribution in [2.45, 2.75) is 54.9 Å². The van der Waals surface area contributed by atoms with Crippen LogP contribution in [0.5, 0.6) is 0 Å². The number of benzene rings is 2. The second kappa shape index (κ2) is 11.1. The van der Waals surface area contributed by atoms with Gasteiger partial charge >= 0.3 is 18.1 Å². The predicted octanol–water partition coefficient (Wildman–Crippen LogP) is 4.08. The zero-order chi connectivity index (χ0) is 31.6. The summed E-state index contributed by atoms with van der Waals surface area (Å²) in [6.45, 7) is 0.650. The zero-order valence-corrected chi connectivity index (χ0v) is 25.3. The van der Waals surface area contributed by atoms with Crippen LogP contribution in [0.25, 0.3) is 0 Å². The van der Waals surface area contributed by atoms with Crippen LogP contribution in [0.15, 0.2) is 35.2 Å². The maximum atomic E-state index is 15.3. The molecule has 1 aliphatic carbocycles. The molecule has 43 heavy (non-hydrogen) atoms. The molecule has 0 radical (unpaired) electrons. The van der Waals surface area contributed by atoms with Crippen LogP contribution in [-0.4, -0.2) is 80.0 Å². The number of carbonyl (C=O) groups is 2. The van der Waals surface area contributed by atoms with Gasteiger partial charge in [0.05, 0.1) is 16.7 Å². The lowest BCUT2D eigenvalue weighted by Crippen LogP contribution is -2.48. The molecule has 2 saturated heterocycles. The van der Waals surface area contributed by atoms with Gasteiger partial charge in [0, 0.05) is 41.8 Å². The number of hydroxylamine groups is 1. The average molecular weight is 689 g/mol. The highest BCUT2D eigenvalue weighted by Crippen LogP contribution is 2.44. The second-order valence-corrected chi connectivity index (χ2v) is 15.2. The van der Waals surface area contributed by atoms with Crippen molar-refractivity contribution in [1.82, 2.24) is 13.7 Å². The molecule has 2 aromatic rings. The number of likely N-dealkylation sites (tertiary alicyclic amines) is 1. The molecular formula is C25H23Cl2F4N3O7S2. The Hall–Kier alpha value is -2.50. The van der Waals surface area contributed by atoms with Gasteiger partial charge in [-0.2, -0.15) is 17.5 Å². The number of amides is 1. The monoisotopic (exact) mass is 687 g/mol. The van der Waals surface area contributed by atoms with Crippen LogP contribution in [0, 0.1) is 5.82 Å². The molecule has 0 aromatic heterocycles. The lowest BCUT2D eigenvalue weighted by molar-refractivity contribution is -0.216. The Labute approximate surface area is 254 Å². The van der Waals surface area contributed by atoms with E-state index in [0.717, 1.165) is 12.1 Å². The van der Waals surface area contributed by atoms with Crippen LogP contribution < -0.4 is 0 Å². The van der Waals surface area contributed by atoms with Crippen molar-refractivity contribution >= 4 is 55.1 Å². The Kier molecular flexibility index (Phi) is 8.27. The van der Waals surface area contributed by atoms with E-state index >= 15 is 4.39 Å². The van der Waals surface area contributed by atoms with E-state index in [9.17, 15) is 39.6 Å². The lowest BCUT2D eigenvalue weighted by atomic mass is 9.98. The van der Waals surface area contributed by atoms with Crippen LogP contribution in [0.3, 0.4) is 0 Å². The molecule has 1 saturated carbocycles. The summed E-state index contributed by atoms with van der Waals surface area (Å²) >= 11 is 12.0. The van der Waals surface area contributed by atoms with E-state index < -0.39 is 53.9 Å². The number of alkyl halides is 3. The minimum Gasteiger partial charge on any atom is -0.314 e. The van der Waals surface area contributed by atoms with E-state index in [1.165, 1.54) is 22.5 Å². The highest BCUT2D eigenvalue weighted by Gasteiger charge is 2.49. The Morgan fingerprint density at radius 1 is 1.00 bits per heavy atom. The molecule has 2 heterocycles. The van der Waals surface area contributed by atoms with E-state index in [-0.39, 0.29) is 46.0 Å². The van der Waals surface area contributed by atoms with Crippen LogP contribution in [0.4, 0.5) is 17.6 Å². The molecule has 10 nitrogen and oxygen atoms in total. The van der Waals surface area contributed by atoms with Crippen molar-refractivity contribution in [3.63, 3.8) is 0 Å². The van der Waals surface area contributed by atoms with Gasteiger partial charge in [-0.25, -0.2) is 26.0 Å². The highest BCUT2D eigenvalue weighted by atomic mass is 35.5.